The second-order valence-electron chi connectivity index (χ2n) is 6.30. The van der Waals surface area contributed by atoms with Gasteiger partial charge in [-0.25, -0.2) is 0 Å². The van der Waals surface area contributed by atoms with Gasteiger partial charge in [-0.15, -0.1) is 12.4 Å². The molecular weight excluding hydrogens is 354 g/mol. The predicted octanol–water partition coefficient (Wildman–Crippen LogP) is 2.68. The summed E-state index contributed by atoms with van der Waals surface area (Å²) >= 11 is 0. The Bertz CT molecular complexity index is 870. The molecule has 1 saturated heterocycles. The predicted molar refractivity (Wildman–Crippen MR) is 99.3 cm³/mol. The molecule has 2 aromatic heterocycles. The first-order valence-corrected chi connectivity index (χ1v) is 8.45. The Morgan fingerprint density at radius 1 is 1.27 bits per heavy atom. The second kappa shape index (κ2) is 7.99. The minimum absolute atomic E-state index is 0. The fraction of sp³-hybridized carbons (Fsp3) is 0.389. The number of halogens is 1. The van der Waals surface area contributed by atoms with E-state index in [4.69, 9.17) is 9.26 Å². The molecule has 0 unspecified atom stereocenters. The number of hydrogen-bond acceptors (Lipinski definition) is 6. The van der Waals surface area contributed by atoms with E-state index in [-0.39, 0.29) is 18.5 Å². The largest absolute Gasteiger partial charge is 0.366 e. The van der Waals surface area contributed by atoms with Crippen molar-refractivity contribution in [2.24, 2.45) is 0 Å². The minimum atomic E-state index is -0.173. The Kier molecular flexibility index (Phi) is 5.70. The van der Waals surface area contributed by atoms with Gasteiger partial charge in [0, 0.05) is 24.3 Å². The number of nitrogens with zero attached hydrogens (tertiary/aromatic N) is 4. The molecule has 3 heterocycles. The smallest absolute Gasteiger partial charge is 0.257 e. The standard InChI is InChI=1S/C18H21N5O2.ClH/c1-12-8-13(2)23(21-12)11-14-4-3-5-15(9-14)17-20-18(25-22-17)16-10-19-6-7-24-16;/h3-5,8-9,16,19H,6-7,10-11H2,1-2H3;1H/t16-;/m0./s1. The van der Waals surface area contributed by atoms with E-state index in [0.717, 1.165) is 29.1 Å². The molecule has 1 atom stereocenters. The normalized spacial score (nSPS) is 17.1. The van der Waals surface area contributed by atoms with Crippen molar-refractivity contribution in [3.63, 3.8) is 0 Å². The third-order valence-electron chi connectivity index (χ3n) is 4.27. The number of rotatable bonds is 4. The Labute approximate surface area is 158 Å². The number of aryl methyl sites for hydroxylation is 2. The number of nitrogens with one attached hydrogen (secondary N) is 1. The van der Waals surface area contributed by atoms with E-state index in [2.05, 4.69) is 45.7 Å². The van der Waals surface area contributed by atoms with Gasteiger partial charge in [0.25, 0.3) is 5.89 Å². The molecule has 0 radical (unpaired) electrons. The molecule has 0 saturated carbocycles. The van der Waals surface area contributed by atoms with Crippen molar-refractivity contribution in [2.45, 2.75) is 26.5 Å². The Morgan fingerprint density at radius 3 is 2.88 bits per heavy atom. The molecule has 3 aromatic rings. The first-order valence-electron chi connectivity index (χ1n) is 8.45. The summed E-state index contributed by atoms with van der Waals surface area (Å²) in [6.45, 7) is 6.98. The molecule has 1 N–H and O–H groups in total. The van der Waals surface area contributed by atoms with Crippen LogP contribution in [0.3, 0.4) is 0 Å². The SMILES string of the molecule is Cc1cc(C)n(Cc2cccc(-c3noc([C@@H]4CNCCO4)n3)c2)n1.Cl. The molecule has 26 heavy (non-hydrogen) atoms. The second-order valence-corrected chi connectivity index (χ2v) is 6.30. The highest BCUT2D eigenvalue weighted by Crippen LogP contribution is 2.22. The summed E-state index contributed by atoms with van der Waals surface area (Å²) in [4.78, 5) is 4.51. The monoisotopic (exact) mass is 375 g/mol. The number of benzene rings is 1. The molecule has 0 amide bonds. The third kappa shape index (κ3) is 3.95. The van der Waals surface area contributed by atoms with Crippen molar-refractivity contribution >= 4 is 12.4 Å². The van der Waals surface area contributed by atoms with Crippen LogP contribution in [0, 0.1) is 13.8 Å². The molecule has 1 fully saturated rings. The van der Waals surface area contributed by atoms with Crippen molar-refractivity contribution < 1.29 is 9.26 Å². The fourth-order valence-corrected chi connectivity index (χ4v) is 3.02. The van der Waals surface area contributed by atoms with Gasteiger partial charge in [-0.1, -0.05) is 23.4 Å². The zero-order valence-electron chi connectivity index (χ0n) is 14.8. The van der Waals surface area contributed by atoms with Gasteiger partial charge < -0.3 is 14.6 Å². The minimum Gasteiger partial charge on any atom is -0.366 e. The van der Waals surface area contributed by atoms with E-state index in [1.807, 2.05) is 23.7 Å². The van der Waals surface area contributed by atoms with Crippen LogP contribution in [-0.4, -0.2) is 39.6 Å². The lowest BCUT2D eigenvalue weighted by atomic mass is 10.1. The number of morpholine rings is 1. The quantitative estimate of drug-likeness (QED) is 0.755. The molecule has 1 aliphatic rings. The maximum atomic E-state index is 5.66. The number of hydrogen-bond donors (Lipinski definition) is 1. The molecule has 8 heteroatoms. The van der Waals surface area contributed by atoms with E-state index >= 15 is 0 Å². The lowest BCUT2D eigenvalue weighted by Crippen LogP contribution is -2.33. The highest BCUT2D eigenvalue weighted by atomic mass is 35.5. The molecule has 0 bridgehead atoms. The summed E-state index contributed by atoms with van der Waals surface area (Å²) in [5.74, 6) is 1.10. The Hall–Kier alpha value is -2.22. The average molecular weight is 376 g/mol. The van der Waals surface area contributed by atoms with Crippen molar-refractivity contribution in [3.8, 4) is 11.4 Å². The van der Waals surface area contributed by atoms with Crippen LogP contribution in [0.25, 0.3) is 11.4 Å². The van der Waals surface area contributed by atoms with E-state index in [1.54, 1.807) is 0 Å². The summed E-state index contributed by atoms with van der Waals surface area (Å²) in [5.41, 5.74) is 4.24. The summed E-state index contributed by atoms with van der Waals surface area (Å²) < 4.78 is 13.1. The first-order chi connectivity index (χ1) is 12.2. The zero-order valence-corrected chi connectivity index (χ0v) is 15.6. The summed E-state index contributed by atoms with van der Waals surface area (Å²) in [7, 11) is 0. The molecule has 1 aliphatic heterocycles. The molecule has 4 rings (SSSR count). The van der Waals surface area contributed by atoms with Crippen molar-refractivity contribution in [1.29, 1.82) is 0 Å². The highest BCUT2D eigenvalue weighted by molar-refractivity contribution is 5.85. The molecular formula is C18H22ClN5O2. The average Bonchev–Trinajstić information content (AvgIpc) is 3.23. The van der Waals surface area contributed by atoms with Crippen molar-refractivity contribution in [2.75, 3.05) is 19.7 Å². The summed E-state index contributed by atoms with van der Waals surface area (Å²) in [6, 6.07) is 10.2. The van der Waals surface area contributed by atoms with Crippen molar-refractivity contribution in [3.05, 3.63) is 53.2 Å². The van der Waals surface area contributed by atoms with Gasteiger partial charge in [0.2, 0.25) is 5.82 Å². The van der Waals surface area contributed by atoms with Crippen LogP contribution >= 0.6 is 12.4 Å². The lowest BCUT2D eigenvalue weighted by molar-refractivity contribution is 0.00755. The van der Waals surface area contributed by atoms with E-state index in [0.29, 0.717) is 31.4 Å². The van der Waals surface area contributed by atoms with Crippen LogP contribution in [0.15, 0.2) is 34.9 Å². The van der Waals surface area contributed by atoms with Gasteiger partial charge in [0.1, 0.15) is 6.10 Å². The zero-order chi connectivity index (χ0) is 17.2. The summed E-state index contributed by atoms with van der Waals surface area (Å²) in [5, 5.41) is 11.9. The van der Waals surface area contributed by atoms with Gasteiger partial charge >= 0.3 is 0 Å². The summed E-state index contributed by atoms with van der Waals surface area (Å²) in [6.07, 6.45) is -0.173. The molecule has 138 valence electrons. The Morgan fingerprint density at radius 2 is 2.15 bits per heavy atom. The van der Waals surface area contributed by atoms with Crippen LogP contribution < -0.4 is 5.32 Å². The van der Waals surface area contributed by atoms with Crippen LogP contribution in [0.2, 0.25) is 0 Å². The Balaban J connectivity index is 0.00000196. The maximum absolute atomic E-state index is 5.66. The molecule has 7 nitrogen and oxygen atoms in total. The van der Waals surface area contributed by atoms with Gasteiger partial charge in [0.15, 0.2) is 0 Å². The fourth-order valence-electron chi connectivity index (χ4n) is 3.02. The van der Waals surface area contributed by atoms with Gasteiger partial charge in [-0.3, -0.25) is 4.68 Å². The molecule has 0 aliphatic carbocycles. The highest BCUT2D eigenvalue weighted by Gasteiger charge is 2.22. The van der Waals surface area contributed by atoms with E-state index < -0.39 is 0 Å². The molecule has 0 spiro atoms. The maximum Gasteiger partial charge on any atom is 0.257 e. The van der Waals surface area contributed by atoms with Gasteiger partial charge in [-0.05, 0) is 31.5 Å². The third-order valence-corrected chi connectivity index (χ3v) is 4.27. The van der Waals surface area contributed by atoms with E-state index in [9.17, 15) is 0 Å². The van der Waals surface area contributed by atoms with Gasteiger partial charge in [-0.2, -0.15) is 10.1 Å². The topological polar surface area (TPSA) is 78.0 Å². The molecule has 1 aromatic carbocycles. The number of ether oxygens (including phenoxy) is 1. The van der Waals surface area contributed by atoms with Crippen LogP contribution in [0.4, 0.5) is 0 Å². The van der Waals surface area contributed by atoms with Gasteiger partial charge in [0.05, 0.1) is 18.8 Å². The lowest BCUT2D eigenvalue weighted by Gasteiger charge is -2.19. The van der Waals surface area contributed by atoms with Crippen LogP contribution in [0.5, 0.6) is 0 Å². The van der Waals surface area contributed by atoms with Crippen LogP contribution in [-0.2, 0) is 11.3 Å². The van der Waals surface area contributed by atoms with Crippen molar-refractivity contribution in [1.82, 2.24) is 25.2 Å². The van der Waals surface area contributed by atoms with E-state index in [1.165, 1.54) is 0 Å². The first kappa shape index (κ1) is 18.6. The van der Waals surface area contributed by atoms with Crippen LogP contribution in [0.1, 0.15) is 28.9 Å². The number of aromatic nitrogens is 4.